The SMILES string of the molecule is N=C(I)c1c(N)nc(Cl)nc1N. The molecule has 0 aliphatic carbocycles. The van der Waals surface area contributed by atoms with Crippen molar-refractivity contribution in [3.63, 3.8) is 0 Å². The lowest BCUT2D eigenvalue weighted by atomic mass is 10.3. The molecule has 0 aliphatic rings. The van der Waals surface area contributed by atoms with E-state index in [0.29, 0.717) is 5.56 Å². The number of halogens is 2. The zero-order chi connectivity index (χ0) is 9.30. The van der Waals surface area contributed by atoms with E-state index in [2.05, 4.69) is 9.97 Å². The van der Waals surface area contributed by atoms with Gasteiger partial charge in [0, 0.05) is 0 Å². The van der Waals surface area contributed by atoms with Crippen LogP contribution in [-0.2, 0) is 0 Å². The monoisotopic (exact) mass is 297 g/mol. The minimum Gasteiger partial charge on any atom is -0.383 e. The molecule has 5 nitrogen and oxygen atoms in total. The van der Waals surface area contributed by atoms with Crippen molar-refractivity contribution in [1.82, 2.24) is 9.97 Å². The molecule has 0 radical (unpaired) electrons. The number of nitrogens with one attached hydrogen (secondary N) is 1. The Labute approximate surface area is 87.2 Å². The van der Waals surface area contributed by atoms with Crippen molar-refractivity contribution in [2.75, 3.05) is 11.5 Å². The molecule has 0 spiro atoms. The Balaban J connectivity index is 3.38. The van der Waals surface area contributed by atoms with Crippen molar-refractivity contribution in [2.45, 2.75) is 0 Å². The molecule has 1 aromatic heterocycles. The molecule has 1 heterocycles. The topological polar surface area (TPSA) is 102 Å². The van der Waals surface area contributed by atoms with Gasteiger partial charge in [0.1, 0.15) is 15.4 Å². The molecule has 0 aliphatic heterocycles. The maximum Gasteiger partial charge on any atom is 0.226 e. The summed E-state index contributed by atoms with van der Waals surface area (Å²) in [6, 6.07) is 0. The molecule has 0 atom stereocenters. The third-order valence-electron chi connectivity index (χ3n) is 1.16. The zero-order valence-electron chi connectivity index (χ0n) is 5.81. The van der Waals surface area contributed by atoms with E-state index in [0.717, 1.165) is 0 Å². The Kier molecular flexibility index (Phi) is 2.68. The van der Waals surface area contributed by atoms with Gasteiger partial charge in [0.15, 0.2) is 0 Å². The molecule has 1 aromatic rings. The smallest absolute Gasteiger partial charge is 0.226 e. The van der Waals surface area contributed by atoms with E-state index in [4.69, 9.17) is 28.5 Å². The zero-order valence-corrected chi connectivity index (χ0v) is 8.72. The molecule has 0 saturated heterocycles. The second-order valence-electron chi connectivity index (χ2n) is 1.95. The van der Waals surface area contributed by atoms with Crippen molar-refractivity contribution in [3.8, 4) is 0 Å². The number of nitrogens with zero attached hydrogens (tertiary/aromatic N) is 2. The summed E-state index contributed by atoms with van der Waals surface area (Å²) in [5.41, 5.74) is 11.3. The molecule has 12 heavy (non-hydrogen) atoms. The highest BCUT2D eigenvalue weighted by atomic mass is 127. The summed E-state index contributed by atoms with van der Waals surface area (Å²) in [4.78, 5) is 7.32. The van der Waals surface area contributed by atoms with Gasteiger partial charge < -0.3 is 11.5 Å². The van der Waals surface area contributed by atoms with Crippen molar-refractivity contribution < 1.29 is 0 Å². The average molecular weight is 297 g/mol. The molecule has 0 bridgehead atoms. The molecule has 7 heteroatoms. The van der Waals surface area contributed by atoms with Gasteiger partial charge in [0.25, 0.3) is 0 Å². The standard InChI is InChI=1S/C5H5ClIN5/c6-5-11-3(9)1(2(7)8)4(10)12-5/h8H,(H4,9,10,11,12). The fourth-order valence-electron chi connectivity index (χ4n) is 0.692. The maximum absolute atomic E-state index is 7.29. The van der Waals surface area contributed by atoms with Crippen LogP contribution in [0.1, 0.15) is 5.56 Å². The largest absolute Gasteiger partial charge is 0.383 e. The summed E-state index contributed by atoms with van der Waals surface area (Å²) in [6.07, 6.45) is 0. The summed E-state index contributed by atoms with van der Waals surface area (Å²) < 4.78 is 0.194. The maximum atomic E-state index is 7.29. The lowest BCUT2D eigenvalue weighted by Gasteiger charge is -2.04. The van der Waals surface area contributed by atoms with Gasteiger partial charge in [-0.15, -0.1) is 0 Å². The first-order valence-corrected chi connectivity index (χ1v) is 4.31. The molecular formula is C5H5ClIN5. The third kappa shape index (κ3) is 1.75. The lowest BCUT2D eigenvalue weighted by molar-refractivity contribution is 1.18. The predicted molar refractivity (Wildman–Crippen MR) is 56.7 cm³/mol. The highest BCUT2D eigenvalue weighted by Gasteiger charge is 2.11. The summed E-state index contributed by atoms with van der Waals surface area (Å²) in [7, 11) is 0. The first kappa shape index (κ1) is 9.46. The van der Waals surface area contributed by atoms with Crippen molar-refractivity contribution >= 4 is 49.5 Å². The van der Waals surface area contributed by atoms with E-state index >= 15 is 0 Å². The van der Waals surface area contributed by atoms with Crippen LogP contribution in [0.2, 0.25) is 5.28 Å². The lowest BCUT2D eigenvalue weighted by Crippen LogP contribution is -2.07. The fourth-order valence-corrected chi connectivity index (χ4v) is 1.43. The summed E-state index contributed by atoms with van der Waals surface area (Å²) in [5.74, 6) is 0.263. The molecule has 0 amide bonds. The van der Waals surface area contributed by atoms with Crippen molar-refractivity contribution in [1.29, 1.82) is 5.41 Å². The number of aromatic nitrogens is 2. The fraction of sp³-hybridized carbons (Fsp3) is 0. The second-order valence-corrected chi connectivity index (χ2v) is 3.37. The Bertz CT molecular complexity index is 316. The van der Waals surface area contributed by atoms with Gasteiger partial charge in [-0.25, -0.2) is 9.97 Å². The number of rotatable bonds is 1. The van der Waals surface area contributed by atoms with Crippen molar-refractivity contribution in [2.24, 2.45) is 0 Å². The van der Waals surface area contributed by atoms with Gasteiger partial charge in [-0.2, -0.15) is 0 Å². The molecular weight excluding hydrogens is 292 g/mol. The minimum atomic E-state index is -0.00796. The van der Waals surface area contributed by atoms with Crippen LogP contribution >= 0.6 is 34.2 Å². The van der Waals surface area contributed by atoms with Crippen molar-refractivity contribution in [3.05, 3.63) is 10.8 Å². The normalized spacial score (nSPS) is 9.83. The van der Waals surface area contributed by atoms with E-state index in [1.165, 1.54) is 0 Å². The van der Waals surface area contributed by atoms with Crippen LogP contribution in [0.3, 0.4) is 0 Å². The van der Waals surface area contributed by atoms with Gasteiger partial charge in [0.05, 0.1) is 5.56 Å². The highest BCUT2D eigenvalue weighted by Crippen LogP contribution is 2.20. The molecule has 64 valence electrons. The molecule has 5 N–H and O–H groups in total. The van der Waals surface area contributed by atoms with Crippen LogP contribution in [-0.4, -0.2) is 13.7 Å². The minimum absolute atomic E-state index is 0.00796. The number of anilines is 2. The quantitative estimate of drug-likeness (QED) is 0.410. The van der Waals surface area contributed by atoms with E-state index < -0.39 is 0 Å². The van der Waals surface area contributed by atoms with E-state index in [-0.39, 0.29) is 20.6 Å². The molecule has 0 unspecified atom stereocenters. The first-order valence-electron chi connectivity index (χ1n) is 2.85. The Hall–Kier alpha value is -0.630. The van der Waals surface area contributed by atoms with E-state index in [1.807, 2.05) is 0 Å². The van der Waals surface area contributed by atoms with Crippen LogP contribution in [0, 0.1) is 5.41 Å². The average Bonchev–Trinajstić information content (AvgIpc) is 1.82. The Morgan fingerprint density at radius 3 is 2.08 bits per heavy atom. The molecule has 0 saturated carbocycles. The van der Waals surface area contributed by atoms with Gasteiger partial charge in [0.2, 0.25) is 5.28 Å². The van der Waals surface area contributed by atoms with E-state index in [1.54, 1.807) is 22.6 Å². The van der Waals surface area contributed by atoms with Crippen LogP contribution in [0.15, 0.2) is 0 Å². The Morgan fingerprint density at radius 1 is 1.33 bits per heavy atom. The Morgan fingerprint density at radius 2 is 1.75 bits per heavy atom. The predicted octanol–water partition coefficient (Wildman–Crippen LogP) is 1.05. The summed E-state index contributed by atoms with van der Waals surface area (Å²) >= 11 is 7.24. The highest BCUT2D eigenvalue weighted by molar-refractivity contribution is 14.1. The third-order valence-corrected chi connectivity index (χ3v) is 1.87. The second kappa shape index (κ2) is 3.40. The van der Waals surface area contributed by atoms with Gasteiger partial charge >= 0.3 is 0 Å². The van der Waals surface area contributed by atoms with Gasteiger partial charge in [-0.1, -0.05) is 0 Å². The van der Waals surface area contributed by atoms with Gasteiger partial charge in [-0.3, -0.25) is 5.41 Å². The summed E-state index contributed by atoms with van der Waals surface area (Å²) in [5, 5.41) is 7.28. The van der Waals surface area contributed by atoms with Gasteiger partial charge in [-0.05, 0) is 34.2 Å². The molecule has 0 aromatic carbocycles. The number of hydrogen-bond donors (Lipinski definition) is 3. The first-order chi connectivity index (χ1) is 5.52. The van der Waals surface area contributed by atoms with Crippen LogP contribution in [0.4, 0.5) is 11.6 Å². The molecule has 0 fully saturated rings. The van der Waals surface area contributed by atoms with E-state index in [9.17, 15) is 0 Å². The van der Waals surface area contributed by atoms with Crippen LogP contribution < -0.4 is 11.5 Å². The van der Waals surface area contributed by atoms with Crippen LogP contribution in [0.5, 0.6) is 0 Å². The summed E-state index contributed by atoms with van der Waals surface area (Å²) in [6.45, 7) is 0. The number of nitrogen functional groups attached to an aromatic ring is 2. The number of nitrogens with two attached hydrogens (primary N) is 2. The molecule has 1 rings (SSSR count). The van der Waals surface area contributed by atoms with Crippen LogP contribution in [0.25, 0.3) is 0 Å². The number of hydrogen-bond acceptors (Lipinski definition) is 5.